The molecule has 1 aromatic rings. The van der Waals surface area contributed by atoms with Crippen LogP contribution in [0.1, 0.15) is 27.2 Å². The molecule has 1 fully saturated rings. The molecule has 1 amide bonds. The Labute approximate surface area is 120 Å². The molecule has 2 N–H and O–H groups in total. The maximum atomic E-state index is 12.4. The van der Waals surface area contributed by atoms with E-state index in [4.69, 9.17) is 10.5 Å². The average molecular weight is 276 g/mol. The van der Waals surface area contributed by atoms with Crippen molar-refractivity contribution < 1.29 is 9.53 Å². The number of anilines is 1. The molecule has 1 saturated heterocycles. The number of benzene rings is 1. The second kappa shape index (κ2) is 6.16. The first-order valence-electron chi connectivity index (χ1n) is 7.26. The first-order valence-corrected chi connectivity index (χ1v) is 7.26. The van der Waals surface area contributed by atoms with E-state index >= 15 is 0 Å². The van der Waals surface area contributed by atoms with Gasteiger partial charge in [0.25, 0.3) is 5.91 Å². The van der Waals surface area contributed by atoms with Crippen molar-refractivity contribution in [1.82, 2.24) is 4.90 Å². The number of nitrogens with zero attached hydrogens (tertiary/aromatic N) is 1. The summed E-state index contributed by atoms with van der Waals surface area (Å²) < 4.78 is 5.71. The Morgan fingerprint density at radius 1 is 1.35 bits per heavy atom. The molecular formula is C16H24N2O2. The van der Waals surface area contributed by atoms with E-state index in [1.54, 1.807) is 19.1 Å². The van der Waals surface area contributed by atoms with Crippen molar-refractivity contribution in [2.24, 2.45) is 11.8 Å². The molecule has 1 heterocycles. The summed E-state index contributed by atoms with van der Waals surface area (Å²) in [5.74, 6) is 1.82. The molecule has 3 atom stereocenters. The van der Waals surface area contributed by atoms with Crippen molar-refractivity contribution in [3.8, 4) is 5.75 Å². The van der Waals surface area contributed by atoms with Crippen LogP contribution in [0.2, 0.25) is 0 Å². The Hall–Kier alpha value is -1.71. The number of ether oxygens (including phenoxy) is 1. The van der Waals surface area contributed by atoms with Crippen molar-refractivity contribution in [1.29, 1.82) is 0 Å². The predicted octanol–water partition coefficient (Wildman–Crippen LogP) is 2.54. The fraction of sp³-hybridized carbons (Fsp3) is 0.562. The molecule has 0 aromatic heterocycles. The van der Waals surface area contributed by atoms with Gasteiger partial charge in [-0.15, -0.1) is 0 Å². The van der Waals surface area contributed by atoms with E-state index in [-0.39, 0.29) is 5.91 Å². The van der Waals surface area contributed by atoms with E-state index in [9.17, 15) is 4.79 Å². The molecule has 20 heavy (non-hydrogen) atoms. The lowest BCUT2D eigenvalue weighted by Gasteiger charge is -2.36. The largest absolute Gasteiger partial charge is 0.481 e. The lowest BCUT2D eigenvalue weighted by Crippen LogP contribution is -2.47. The van der Waals surface area contributed by atoms with Crippen LogP contribution in [0, 0.1) is 11.8 Å². The van der Waals surface area contributed by atoms with Crippen LogP contribution in [-0.4, -0.2) is 30.0 Å². The minimum atomic E-state index is -0.478. The van der Waals surface area contributed by atoms with Gasteiger partial charge >= 0.3 is 0 Å². The number of amides is 1. The Bertz CT molecular complexity index is 465. The Morgan fingerprint density at radius 3 is 2.60 bits per heavy atom. The van der Waals surface area contributed by atoms with Crippen LogP contribution in [-0.2, 0) is 4.79 Å². The van der Waals surface area contributed by atoms with Gasteiger partial charge in [0, 0.05) is 24.8 Å². The Balaban J connectivity index is 1.98. The highest BCUT2D eigenvalue weighted by Gasteiger charge is 2.29. The van der Waals surface area contributed by atoms with Crippen molar-refractivity contribution in [2.45, 2.75) is 33.3 Å². The molecule has 0 spiro atoms. The van der Waals surface area contributed by atoms with Gasteiger partial charge in [-0.25, -0.2) is 0 Å². The standard InChI is InChI=1S/C16H24N2O2/c1-11-7-12(2)10-18(9-11)16(19)13(3)20-15-6-4-5-14(17)8-15/h4-6,8,11-13H,7,9-10,17H2,1-3H3/t11-,12-,13-/m1/s1. The summed E-state index contributed by atoms with van der Waals surface area (Å²) in [5.41, 5.74) is 6.36. The zero-order valence-electron chi connectivity index (χ0n) is 12.5. The minimum absolute atomic E-state index is 0.0609. The van der Waals surface area contributed by atoms with E-state index < -0.39 is 6.10 Å². The van der Waals surface area contributed by atoms with Crippen LogP contribution in [0.25, 0.3) is 0 Å². The quantitative estimate of drug-likeness (QED) is 0.863. The number of nitrogens with two attached hydrogens (primary N) is 1. The normalized spacial score (nSPS) is 24.2. The topological polar surface area (TPSA) is 55.6 Å². The molecule has 4 heteroatoms. The lowest BCUT2D eigenvalue weighted by atomic mass is 9.91. The summed E-state index contributed by atoms with van der Waals surface area (Å²) in [4.78, 5) is 14.4. The van der Waals surface area contributed by atoms with Gasteiger partial charge in [0.1, 0.15) is 5.75 Å². The SMILES string of the molecule is C[C@@H]1C[C@@H](C)CN(C(=O)[C@@H](C)Oc2cccc(N)c2)C1. The zero-order valence-corrected chi connectivity index (χ0v) is 12.5. The number of nitrogen functional groups attached to an aromatic ring is 1. The average Bonchev–Trinajstić information content (AvgIpc) is 2.36. The van der Waals surface area contributed by atoms with E-state index in [1.807, 2.05) is 17.0 Å². The van der Waals surface area contributed by atoms with E-state index in [0.29, 0.717) is 23.3 Å². The number of hydrogen-bond donors (Lipinski definition) is 1. The van der Waals surface area contributed by atoms with Crippen LogP contribution in [0.5, 0.6) is 5.75 Å². The molecule has 4 nitrogen and oxygen atoms in total. The third-order valence-corrected chi connectivity index (χ3v) is 3.70. The van der Waals surface area contributed by atoms with Crippen LogP contribution >= 0.6 is 0 Å². The molecule has 110 valence electrons. The number of piperidine rings is 1. The summed E-state index contributed by atoms with van der Waals surface area (Å²) in [6.45, 7) is 7.84. The molecule has 1 aliphatic rings. The highest BCUT2D eigenvalue weighted by Crippen LogP contribution is 2.22. The van der Waals surface area contributed by atoms with Crippen molar-refractivity contribution in [2.75, 3.05) is 18.8 Å². The molecule has 0 bridgehead atoms. The first-order chi connectivity index (χ1) is 9.45. The van der Waals surface area contributed by atoms with Crippen molar-refractivity contribution in [3.05, 3.63) is 24.3 Å². The van der Waals surface area contributed by atoms with Crippen LogP contribution < -0.4 is 10.5 Å². The van der Waals surface area contributed by atoms with Crippen molar-refractivity contribution >= 4 is 11.6 Å². The molecule has 2 rings (SSSR count). The molecule has 0 unspecified atom stereocenters. The van der Waals surface area contributed by atoms with Crippen LogP contribution in [0.15, 0.2) is 24.3 Å². The van der Waals surface area contributed by atoms with Crippen molar-refractivity contribution in [3.63, 3.8) is 0 Å². The summed E-state index contributed by atoms with van der Waals surface area (Å²) >= 11 is 0. The molecule has 0 radical (unpaired) electrons. The highest BCUT2D eigenvalue weighted by atomic mass is 16.5. The van der Waals surface area contributed by atoms with E-state index in [1.165, 1.54) is 6.42 Å². The number of carbonyl (C=O) groups is 1. The van der Waals surface area contributed by atoms with Gasteiger partial charge in [0.05, 0.1) is 0 Å². The Kier molecular flexibility index (Phi) is 4.53. The maximum Gasteiger partial charge on any atom is 0.263 e. The summed E-state index contributed by atoms with van der Waals surface area (Å²) in [6, 6.07) is 7.19. The van der Waals surface area contributed by atoms with Crippen LogP contribution in [0.3, 0.4) is 0 Å². The van der Waals surface area contributed by atoms with Gasteiger partial charge in [-0.05, 0) is 37.3 Å². The Morgan fingerprint density at radius 2 is 2.00 bits per heavy atom. The van der Waals surface area contributed by atoms with Gasteiger partial charge in [0.2, 0.25) is 0 Å². The first kappa shape index (κ1) is 14.7. The number of likely N-dealkylation sites (tertiary alicyclic amines) is 1. The molecule has 0 saturated carbocycles. The summed E-state index contributed by atoms with van der Waals surface area (Å²) in [5, 5.41) is 0. The number of hydrogen-bond acceptors (Lipinski definition) is 3. The number of rotatable bonds is 3. The second-order valence-electron chi connectivity index (χ2n) is 6.02. The molecule has 1 aromatic carbocycles. The highest BCUT2D eigenvalue weighted by molar-refractivity contribution is 5.81. The van der Waals surface area contributed by atoms with Gasteiger partial charge in [-0.1, -0.05) is 19.9 Å². The molecular weight excluding hydrogens is 252 g/mol. The second-order valence-corrected chi connectivity index (χ2v) is 6.02. The van der Waals surface area contributed by atoms with E-state index in [0.717, 1.165) is 13.1 Å². The minimum Gasteiger partial charge on any atom is -0.481 e. The summed E-state index contributed by atoms with van der Waals surface area (Å²) in [6.07, 6.45) is 0.711. The van der Waals surface area contributed by atoms with Gasteiger partial charge in [-0.2, -0.15) is 0 Å². The fourth-order valence-electron chi connectivity index (χ4n) is 2.94. The smallest absolute Gasteiger partial charge is 0.263 e. The fourth-order valence-corrected chi connectivity index (χ4v) is 2.94. The maximum absolute atomic E-state index is 12.4. The molecule has 0 aliphatic carbocycles. The predicted molar refractivity (Wildman–Crippen MR) is 80.5 cm³/mol. The third kappa shape index (κ3) is 3.65. The summed E-state index contributed by atoms with van der Waals surface area (Å²) in [7, 11) is 0. The molecule has 1 aliphatic heterocycles. The zero-order chi connectivity index (χ0) is 14.7. The van der Waals surface area contributed by atoms with Gasteiger partial charge < -0.3 is 15.4 Å². The number of carbonyl (C=O) groups excluding carboxylic acids is 1. The van der Waals surface area contributed by atoms with Gasteiger partial charge in [0.15, 0.2) is 6.10 Å². The third-order valence-electron chi connectivity index (χ3n) is 3.70. The van der Waals surface area contributed by atoms with Crippen LogP contribution in [0.4, 0.5) is 5.69 Å². The monoisotopic (exact) mass is 276 g/mol. The lowest BCUT2D eigenvalue weighted by molar-refractivity contribution is -0.140. The van der Waals surface area contributed by atoms with E-state index in [2.05, 4.69) is 13.8 Å². The van der Waals surface area contributed by atoms with Gasteiger partial charge in [-0.3, -0.25) is 4.79 Å².